The van der Waals surface area contributed by atoms with Gasteiger partial charge in [0.2, 0.25) is 5.43 Å². The van der Waals surface area contributed by atoms with Crippen molar-refractivity contribution in [1.82, 2.24) is 10.3 Å². The van der Waals surface area contributed by atoms with Crippen molar-refractivity contribution in [2.24, 2.45) is 0 Å². The molecule has 1 amide bonds. The lowest BCUT2D eigenvalue weighted by Gasteiger charge is -2.20. The van der Waals surface area contributed by atoms with E-state index in [0.717, 1.165) is 16.8 Å². The van der Waals surface area contributed by atoms with E-state index in [1.165, 1.54) is 17.6 Å². The van der Waals surface area contributed by atoms with Gasteiger partial charge in [0.05, 0.1) is 10.9 Å². The smallest absolute Gasteiger partial charge is 0.326 e. The predicted octanol–water partition coefficient (Wildman–Crippen LogP) is 4.37. The highest BCUT2D eigenvalue weighted by Crippen LogP contribution is 2.29. The van der Waals surface area contributed by atoms with Crippen LogP contribution in [0.2, 0.25) is 0 Å². The number of carboxylic acids is 1. The van der Waals surface area contributed by atoms with Gasteiger partial charge in [0, 0.05) is 23.6 Å². The number of aromatic nitrogens is 1. The summed E-state index contributed by atoms with van der Waals surface area (Å²) in [5.74, 6) is -1.30. The first kappa shape index (κ1) is 25.1. The number of benzene rings is 2. The third-order valence-electron chi connectivity index (χ3n) is 5.76. The van der Waals surface area contributed by atoms with Crippen LogP contribution in [0.3, 0.4) is 0 Å². The molecular weight excluding hydrogens is 480 g/mol. The molecule has 2 N–H and O–H groups in total. The summed E-state index contributed by atoms with van der Waals surface area (Å²) < 4.78 is 11.7. The second-order valence-corrected chi connectivity index (χ2v) is 9.29. The molecule has 2 unspecified atom stereocenters. The third kappa shape index (κ3) is 5.46. The van der Waals surface area contributed by atoms with Gasteiger partial charge in [-0.15, -0.1) is 11.3 Å². The number of nitrogens with zero attached hydrogens (tertiary/aromatic N) is 1. The first-order valence-electron chi connectivity index (χ1n) is 11.5. The van der Waals surface area contributed by atoms with Crippen LogP contribution < -0.4 is 15.5 Å². The molecule has 2 aromatic heterocycles. The molecule has 2 heterocycles. The van der Waals surface area contributed by atoms with Gasteiger partial charge in [-0.25, -0.2) is 9.78 Å². The Morgan fingerprint density at radius 2 is 1.97 bits per heavy atom. The summed E-state index contributed by atoms with van der Waals surface area (Å²) in [6.45, 7) is 5.32. The lowest BCUT2D eigenvalue weighted by Crippen LogP contribution is -2.47. The molecule has 0 fully saturated rings. The maximum Gasteiger partial charge on any atom is 0.326 e. The van der Waals surface area contributed by atoms with Crippen molar-refractivity contribution < 1.29 is 23.8 Å². The van der Waals surface area contributed by atoms with Crippen LogP contribution >= 0.6 is 11.3 Å². The Bertz CT molecular complexity index is 1460. The number of thiazole rings is 1. The van der Waals surface area contributed by atoms with E-state index < -0.39 is 24.0 Å². The van der Waals surface area contributed by atoms with Crippen molar-refractivity contribution in [2.75, 3.05) is 0 Å². The van der Waals surface area contributed by atoms with E-state index in [0.29, 0.717) is 33.7 Å². The van der Waals surface area contributed by atoms with Gasteiger partial charge < -0.3 is 19.6 Å². The number of carbonyl (C=O) groups is 2. The summed E-state index contributed by atoms with van der Waals surface area (Å²) in [5.41, 5.74) is 2.87. The molecule has 0 bridgehead atoms. The number of nitrogens with one attached hydrogen (secondary N) is 1. The highest BCUT2D eigenvalue weighted by molar-refractivity contribution is 7.13. The zero-order valence-corrected chi connectivity index (χ0v) is 20.9. The minimum Gasteiger partial charge on any atom is -0.480 e. The number of aliphatic carboxylic acids is 1. The number of amides is 1. The number of carbonyl (C=O) groups excluding carboxylic acids is 1. The zero-order chi connectivity index (χ0) is 25.8. The number of rotatable bonds is 9. The molecular formula is C27H26N2O6S. The van der Waals surface area contributed by atoms with Crippen LogP contribution in [0, 0.1) is 6.92 Å². The molecule has 2 aromatic carbocycles. The largest absolute Gasteiger partial charge is 0.480 e. The molecule has 0 spiro atoms. The number of carboxylic acid groups (broad SMARTS) is 1. The summed E-state index contributed by atoms with van der Waals surface area (Å²) in [4.78, 5) is 42.0. The summed E-state index contributed by atoms with van der Waals surface area (Å²) in [6.07, 6.45) is 1.10. The highest BCUT2D eigenvalue weighted by Gasteiger charge is 2.25. The second-order valence-electron chi connectivity index (χ2n) is 8.43. The fourth-order valence-electron chi connectivity index (χ4n) is 3.80. The Hall–Kier alpha value is -3.98. The van der Waals surface area contributed by atoms with Crippen LogP contribution in [-0.2, 0) is 22.4 Å². The number of aryl methyl sites for hydroxylation is 2. The van der Waals surface area contributed by atoms with Gasteiger partial charge in [-0.05, 0) is 37.5 Å². The molecule has 8 nitrogen and oxygen atoms in total. The Morgan fingerprint density at radius 3 is 2.61 bits per heavy atom. The van der Waals surface area contributed by atoms with Crippen LogP contribution in [0.1, 0.15) is 30.7 Å². The van der Waals surface area contributed by atoms with Gasteiger partial charge in [-0.1, -0.05) is 37.3 Å². The summed E-state index contributed by atoms with van der Waals surface area (Å²) in [7, 11) is 0. The maximum atomic E-state index is 13.1. The SMILES string of the molecule is CCc1cc2c(=O)c(-c3nc(C)cs3)coc2cc1OC(C)C(=O)NC(Cc1ccccc1)C(=O)O. The van der Waals surface area contributed by atoms with Crippen LogP contribution in [-0.4, -0.2) is 34.1 Å². The van der Waals surface area contributed by atoms with E-state index in [4.69, 9.17) is 9.15 Å². The summed E-state index contributed by atoms with van der Waals surface area (Å²) in [6, 6.07) is 11.3. The van der Waals surface area contributed by atoms with E-state index in [1.54, 1.807) is 31.2 Å². The summed E-state index contributed by atoms with van der Waals surface area (Å²) in [5, 5.41) is 15.0. The topological polar surface area (TPSA) is 119 Å². The van der Waals surface area contributed by atoms with Crippen molar-refractivity contribution in [2.45, 2.75) is 45.8 Å². The molecule has 0 saturated heterocycles. The van der Waals surface area contributed by atoms with Gasteiger partial charge in [-0.2, -0.15) is 0 Å². The molecule has 4 rings (SSSR count). The molecule has 0 aliphatic rings. The van der Waals surface area contributed by atoms with Crippen LogP contribution in [0.15, 0.2) is 63.3 Å². The van der Waals surface area contributed by atoms with Gasteiger partial charge >= 0.3 is 5.97 Å². The van der Waals surface area contributed by atoms with Gasteiger partial charge in [-0.3, -0.25) is 9.59 Å². The number of hydrogen-bond donors (Lipinski definition) is 2. The van der Waals surface area contributed by atoms with Crippen molar-refractivity contribution in [3.05, 3.63) is 81.2 Å². The van der Waals surface area contributed by atoms with Gasteiger partial charge in [0.25, 0.3) is 5.91 Å². The molecule has 9 heteroatoms. The van der Waals surface area contributed by atoms with Gasteiger partial charge in [0.15, 0.2) is 6.10 Å². The fourth-order valence-corrected chi connectivity index (χ4v) is 4.60. The molecule has 2 atom stereocenters. The molecule has 0 radical (unpaired) electrons. The number of ether oxygens (including phenoxy) is 1. The first-order chi connectivity index (χ1) is 17.3. The van der Waals surface area contributed by atoms with Crippen molar-refractivity contribution in [3.8, 4) is 16.3 Å². The quantitative estimate of drug-likeness (QED) is 0.346. The standard InChI is InChI=1S/C27H26N2O6S/c1-4-18-11-19-23(34-13-20(24(19)30)26-28-15(2)14-36-26)12-22(18)35-16(3)25(31)29-21(27(32)33)10-17-8-6-5-7-9-17/h5-9,11-14,16,21H,4,10H2,1-3H3,(H,29,31)(H,32,33). The van der Waals surface area contributed by atoms with E-state index in [9.17, 15) is 19.5 Å². The Kier molecular flexibility index (Phi) is 7.49. The normalized spacial score (nSPS) is 12.8. The van der Waals surface area contributed by atoms with E-state index >= 15 is 0 Å². The van der Waals surface area contributed by atoms with E-state index in [2.05, 4.69) is 10.3 Å². The predicted molar refractivity (Wildman–Crippen MR) is 138 cm³/mol. The number of hydrogen-bond acceptors (Lipinski definition) is 7. The van der Waals surface area contributed by atoms with Crippen molar-refractivity contribution >= 4 is 34.2 Å². The maximum absolute atomic E-state index is 13.1. The lowest BCUT2D eigenvalue weighted by molar-refractivity contribution is -0.142. The number of fused-ring (bicyclic) bond motifs is 1. The first-order valence-corrected chi connectivity index (χ1v) is 12.4. The fraction of sp³-hybridized carbons (Fsp3) is 0.259. The molecule has 186 valence electrons. The van der Waals surface area contributed by atoms with Crippen molar-refractivity contribution in [1.29, 1.82) is 0 Å². The van der Waals surface area contributed by atoms with E-state index in [-0.39, 0.29) is 11.8 Å². The minimum atomic E-state index is -1.13. The molecule has 0 saturated carbocycles. The zero-order valence-electron chi connectivity index (χ0n) is 20.1. The van der Waals surface area contributed by atoms with Crippen molar-refractivity contribution in [3.63, 3.8) is 0 Å². The minimum absolute atomic E-state index is 0.150. The second kappa shape index (κ2) is 10.7. The van der Waals surface area contributed by atoms with Crippen LogP contribution in [0.25, 0.3) is 21.5 Å². The molecule has 36 heavy (non-hydrogen) atoms. The Morgan fingerprint density at radius 1 is 1.22 bits per heavy atom. The third-order valence-corrected chi connectivity index (χ3v) is 6.75. The van der Waals surface area contributed by atoms with E-state index in [1.807, 2.05) is 37.4 Å². The lowest BCUT2D eigenvalue weighted by atomic mass is 10.1. The Labute approximate surface area is 211 Å². The monoisotopic (exact) mass is 506 g/mol. The highest BCUT2D eigenvalue weighted by atomic mass is 32.1. The Balaban J connectivity index is 1.55. The van der Waals surface area contributed by atoms with Crippen LogP contribution in [0.5, 0.6) is 5.75 Å². The molecule has 0 aliphatic carbocycles. The summed E-state index contributed by atoms with van der Waals surface area (Å²) >= 11 is 1.38. The van der Waals surface area contributed by atoms with Crippen LogP contribution in [0.4, 0.5) is 0 Å². The molecule has 4 aromatic rings. The average molecular weight is 507 g/mol. The molecule has 0 aliphatic heterocycles. The van der Waals surface area contributed by atoms with Gasteiger partial charge in [0.1, 0.15) is 28.6 Å². The average Bonchev–Trinajstić information content (AvgIpc) is 3.29.